The predicted octanol–water partition coefficient (Wildman–Crippen LogP) is 4.25. The van der Waals surface area contributed by atoms with Crippen LogP contribution in [0.3, 0.4) is 0 Å². The minimum Gasteiger partial charge on any atom is -0.352 e. The molecule has 0 aromatic heterocycles. The van der Waals surface area contributed by atoms with Crippen molar-refractivity contribution in [3.63, 3.8) is 0 Å². The zero-order chi connectivity index (χ0) is 18.6. The van der Waals surface area contributed by atoms with Gasteiger partial charge in [0.1, 0.15) is 0 Å². The van der Waals surface area contributed by atoms with Crippen molar-refractivity contribution < 1.29 is 9.59 Å². The van der Waals surface area contributed by atoms with Crippen molar-refractivity contribution in [1.29, 1.82) is 0 Å². The molecule has 0 radical (unpaired) electrons. The maximum atomic E-state index is 12.6. The molecule has 2 aromatic rings. The van der Waals surface area contributed by atoms with E-state index in [4.69, 9.17) is 0 Å². The highest BCUT2D eigenvalue weighted by Gasteiger charge is 2.13. The van der Waals surface area contributed by atoms with E-state index in [1.165, 1.54) is 0 Å². The number of carbonyl (C=O) groups excluding carboxylic acids is 2. The van der Waals surface area contributed by atoms with E-state index in [2.05, 4.69) is 10.6 Å². The van der Waals surface area contributed by atoms with Crippen LogP contribution in [0.25, 0.3) is 0 Å². The van der Waals surface area contributed by atoms with Gasteiger partial charge in [0, 0.05) is 23.4 Å². The van der Waals surface area contributed by atoms with Crippen molar-refractivity contribution in [3.8, 4) is 0 Å². The molecule has 0 unspecified atom stereocenters. The lowest BCUT2D eigenvalue weighted by Gasteiger charge is -2.13. The van der Waals surface area contributed by atoms with Gasteiger partial charge in [-0.2, -0.15) is 0 Å². The molecular formula is C21H26N2O2. The Bertz CT molecular complexity index is 771. The molecule has 0 aliphatic rings. The number of aryl methyl sites for hydroxylation is 3. The van der Waals surface area contributed by atoms with Crippen molar-refractivity contribution >= 4 is 17.5 Å². The predicted molar refractivity (Wildman–Crippen MR) is 102 cm³/mol. The zero-order valence-corrected chi connectivity index (χ0v) is 15.6. The van der Waals surface area contributed by atoms with Crippen LogP contribution in [-0.4, -0.2) is 18.4 Å². The fourth-order valence-electron chi connectivity index (χ4n) is 2.76. The molecule has 0 bridgehead atoms. The van der Waals surface area contributed by atoms with E-state index in [9.17, 15) is 9.59 Å². The number of hydrogen-bond donors (Lipinski definition) is 2. The molecule has 4 heteroatoms. The van der Waals surface area contributed by atoms with Gasteiger partial charge in [0.2, 0.25) is 0 Å². The summed E-state index contributed by atoms with van der Waals surface area (Å²) in [5.41, 5.74) is 5.00. The number of hydrogen-bond acceptors (Lipinski definition) is 2. The van der Waals surface area contributed by atoms with Gasteiger partial charge in [-0.3, -0.25) is 9.59 Å². The average Bonchev–Trinajstić information content (AvgIpc) is 2.55. The Morgan fingerprint density at radius 3 is 2.04 bits per heavy atom. The second kappa shape index (κ2) is 7.97. The molecule has 0 fully saturated rings. The Kier molecular flexibility index (Phi) is 5.97. The smallest absolute Gasteiger partial charge is 0.255 e. The van der Waals surface area contributed by atoms with Gasteiger partial charge < -0.3 is 10.6 Å². The lowest BCUT2D eigenvalue weighted by Crippen LogP contribution is -2.27. The Hall–Kier alpha value is -2.62. The van der Waals surface area contributed by atoms with Gasteiger partial charge in [-0.05, 0) is 56.0 Å². The highest BCUT2D eigenvalue weighted by Crippen LogP contribution is 2.22. The molecule has 0 heterocycles. The molecule has 0 aliphatic carbocycles. The lowest BCUT2D eigenvalue weighted by molar-refractivity contribution is 0.0949. The van der Waals surface area contributed by atoms with Gasteiger partial charge in [0.15, 0.2) is 0 Å². The largest absolute Gasteiger partial charge is 0.352 e. The number of rotatable bonds is 5. The van der Waals surface area contributed by atoms with Crippen LogP contribution >= 0.6 is 0 Å². The molecule has 25 heavy (non-hydrogen) atoms. The summed E-state index contributed by atoms with van der Waals surface area (Å²) in [6.45, 7) is 10.7. The Labute approximate surface area is 149 Å². The normalized spacial score (nSPS) is 10.6. The van der Waals surface area contributed by atoms with Crippen LogP contribution in [-0.2, 0) is 0 Å². The second-order valence-corrected chi connectivity index (χ2v) is 6.91. The summed E-state index contributed by atoms with van der Waals surface area (Å²) in [6, 6.07) is 10.9. The van der Waals surface area contributed by atoms with E-state index in [0.717, 1.165) is 22.4 Å². The van der Waals surface area contributed by atoms with Gasteiger partial charge >= 0.3 is 0 Å². The highest BCUT2D eigenvalue weighted by molar-refractivity contribution is 6.06. The molecule has 2 rings (SSSR count). The van der Waals surface area contributed by atoms with Gasteiger partial charge in [0.05, 0.1) is 0 Å². The molecule has 2 N–H and O–H groups in total. The molecule has 2 amide bonds. The Balaban J connectivity index is 2.18. The van der Waals surface area contributed by atoms with Crippen LogP contribution in [0, 0.1) is 26.7 Å². The summed E-state index contributed by atoms with van der Waals surface area (Å²) in [5.74, 6) is 0.00234. The van der Waals surface area contributed by atoms with E-state index >= 15 is 0 Å². The minimum absolute atomic E-state index is 0.161. The van der Waals surface area contributed by atoms with E-state index in [0.29, 0.717) is 23.6 Å². The first-order valence-corrected chi connectivity index (χ1v) is 8.55. The fourth-order valence-corrected chi connectivity index (χ4v) is 2.76. The van der Waals surface area contributed by atoms with Crippen molar-refractivity contribution in [2.24, 2.45) is 5.92 Å². The maximum absolute atomic E-state index is 12.6. The molecule has 0 saturated carbocycles. The van der Waals surface area contributed by atoms with Gasteiger partial charge in [-0.15, -0.1) is 0 Å². The zero-order valence-electron chi connectivity index (χ0n) is 15.6. The maximum Gasteiger partial charge on any atom is 0.255 e. The molecule has 132 valence electrons. The van der Waals surface area contributed by atoms with E-state index in [1.807, 2.05) is 46.8 Å². The van der Waals surface area contributed by atoms with Crippen molar-refractivity contribution in [2.45, 2.75) is 34.6 Å². The fraction of sp³-hybridized carbons (Fsp3) is 0.333. The minimum atomic E-state index is -0.214. The van der Waals surface area contributed by atoms with E-state index in [1.54, 1.807) is 24.3 Å². The average molecular weight is 338 g/mol. The summed E-state index contributed by atoms with van der Waals surface area (Å²) in [6.07, 6.45) is 0. The molecule has 0 aliphatic heterocycles. The SMILES string of the molecule is Cc1cc(C)c(NC(=O)c2cccc(C(=O)NCC(C)C)c2)c(C)c1. The Morgan fingerprint density at radius 1 is 0.920 bits per heavy atom. The van der Waals surface area contributed by atoms with Crippen LogP contribution in [0.2, 0.25) is 0 Å². The van der Waals surface area contributed by atoms with E-state index in [-0.39, 0.29) is 11.8 Å². The van der Waals surface area contributed by atoms with Crippen LogP contribution < -0.4 is 10.6 Å². The monoisotopic (exact) mass is 338 g/mol. The summed E-state index contributed by atoms with van der Waals surface area (Å²) in [4.78, 5) is 24.8. The first-order valence-electron chi connectivity index (χ1n) is 8.55. The Morgan fingerprint density at radius 2 is 1.48 bits per heavy atom. The van der Waals surface area contributed by atoms with Crippen molar-refractivity contribution in [1.82, 2.24) is 5.32 Å². The molecule has 0 spiro atoms. The highest BCUT2D eigenvalue weighted by atomic mass is 16.2. The van der Waals surface area contributed by atoms with E-state index < -0.39 is 0 Å². The molecule has 0 saturated heterocycles. The van der Waals surface area contributed by atoms with Crippen LogP contribution in [0.4, 0.5) is 5.69 Å². The summed E-state index contributed by atoms with van der Waals surface area (Å²) < 4.78 is 0. The third-order valence-electron chi connectivity index (χ3n) is 3.97. The third kappa shape index (κ3) is 4.92. The third-order valence-corrected chi connectivity index (χ3v) is 3.97. The molecule has 0 atom stereocenters. The van der Waals surface area contributed by atoms with Gasteiger partial charge in [-0.1, -0.05) is 37.6 Å². The lowest BCUT2D eigenvalue weighted by atomic mass is 10.0. The number of amides is 2. The summed E-state index contributed by atoms with van der Waals surface area (Å²) in [5, 5.41) is 5.84. The first-order chi connectivity index (χ1) is 11.8. The van der Waals surface area contributed by atoms with Crippen molar-refractivity contribution in [2.75, 3.05) is 11.9 Å². The number of benzene rings is 2. The standard InChI is InChI=1S/C21H26N2O2/c1-13(2)12-22-20(24)17-7-6-8-18(11-17)21(25)23-19-15(4)9-14(3)10-16(19)5/h6-11,13H,12H2,1-5H3,(H,22,24)(H,23,25). The molecular weight excluding hydrogens is 312 g/mol. The quantitative estimate of drug-likeness (QED) is 0.856. The van der Waals surface area contributed by atoms with Gasteiger partial charge in [0.25, 0.3) is 11.8 Å². The van der Waals surface area contributed by atoms with Crippen molar-refractivity contribution in [3.05, 3.63) is 64.2 Å². The van der Waals surface area contributed by atoms with Crippen LogP contribution in [0.1, 0.15) is 51.3 Å². The van der Waals surface area contributed by atoms with Crippen LogP contribution in [0.5, 0.6) is 0 Å². The summed E-state index contributed by atoms with van der Waals surface area (Å²) >= 11 is 0. The summed E-state index contributed by atoms with van der Waals surface area (Å²) in [7, 11) is 0. The molecule has 2 aromatic carbocycles. The number of anilines is 1. The van der Waals surface area contributed by atoms with Crippen LogP contribution in [0.15, 0.2) is 36.4 Å². The molecule has 4 nitrogen and oxygen atoms in total. The second-order valence-electron chi connectivity index (χ2n) is 6.91. The number of nitrogens with one attached hydrogen (secondary N) is 2. The first kappa shape index (κ1) is 18.7. The van der Waals surface area contributed by atoms with Gasteiger partial charge in [-0.25, -0.2) is 0 Å². The number of carbonyl (C=O) groups is 2. The topological polar surface area (TPSA) is 58.2 Å².